The quantitative estimate of drug-likeness (QED) is 0.267. The van der Waals surface area contributed by atoms with Crippen molar-refractivity contribution < 1.29 is 14.3 Å². The maximum Gasteiger partial charge on any atom is 0.330 e. The molecule has 0 radical (unpaired) electrons. The predicted octanol–water partition coefficient (Wildman–Crippen LogP) is 6.80. The summed E-state index contributed by atoms with van der Waals surface area (Å²) in [6.07, 6.45) is 7.45. The molecule has 28 heavy (non-hydrogen) atoms. The van der Waals surface area contributed by atoms with Gasteiger partial charge in [0, 0.05) is 11.6 Å². The van der Waals surface area contributed by atoms with Crippen LogP contribution in [0, 0.1) is 0 Å². The highest BCUT2D eigenvalue weighted by Crippen LogP contribution is 2.37. The zero-order valence-electron chi connectivity index (χ0n) is 18.8. The Labute approximate surface area is 171 Å². The second-order valence-electron chi connectivity index (χ2n) is 7.58. The van der Waals surface area contributed by atoms with E-state index in [1.807, 2.05) is 26.0 Å². The van der Waals surface area contributed by atoms with Crippen molar-refractivity contribution in [2.45, 2.75) is 67.2 Å². The third kappa shape index (κ3) is 7.03. The first kappa shape index (κ1) is 23.7. The molecule has 0 atom stereocenters. The summed E-state index contributed by atoms with van der Waals surface area (Å²) in [5.74, 6) is 1.50. The molecule has 0 saturated heterocycles. The van der Waals surface area contributed by atoms with Crippen LogP contribution in [0.2, 0.25) is 0 Å². The molecule has 0 bridgehead atoms. The summed E-state index contributed by atoms with van der Waals surface area (Å²) in [5.41, 5.74) is 5.68. The largest absolute Gasteiger partial charge is 0.493 e. The van der Waals surface area contributed by atoms with Crippen LogP contribution in [0.1, 0.15) is 83.9 Å². The molecule has 0 aliphatic rings. The Kier molecular flexibility index (Phi) is 9.78. The molecule has 1 aromatic carbocycles. The first-order chi connectivity index (χ1) is 13.2. The highest BCUT2D eigenvalue weighted by molar-refractivity contribution is 5.83. The highest BCUT2D eigenvalue weighted by atomic mass is 16.5. The lowest BCUT2D eigenvalue weighted by molar-refractivity contribution is -0.137. The summed E-state index contributed by atoms with van der Waals surface area (Å²) in [4.78, 5) is 11.5. The molecule has 1 rings (SSSR count). The number of benzene rings is 1. The molecule has 0 amide bonds. The minimum absolute atomic E-state index is 0.310. The van der Waals surface area contributed by atoms with Crippen LogP contribution in [0.15, 0.2) is 42.0 Å². The minimum Gasteiger partial charge on any atom is -0.493 e. The topological polar surface area (TPSA) is 35.5 Å². The number of ether oxygens (including phenoxy) is 2. The summed E-state index contributed by atoms with van der Waals surface area (Å²) in [6.45, 7) is 17.7. The van der Waals surface area contributed by atoms with E-state index in [0.717, 1.165) is 22.5 Å². The fourth-order valence-corrected chi connectivity index (χ4v) is 2.89. The van der Waals surface area contributed by atoms with Crippen molar-refractivity contribution in [3.8, 4) is 5.75 Å². The Morgan fingerprint density at radius 2 is 1.71 bits per heavy atom. The van der Waals surface area contributed by atoms with Crippen LogP contribution in [0.3, 0.4) is 0 Å². The Bertz CT molecular complexity index is 749. The molecule has 0 unspecified atom stereocenters. The Balaban J connectivity index is 3.30. The molecule has 1 aromatic rings. The van der Waals surface area contributed by atoms with E-state index < -0.39 is 0 Å². The third-order valence-corrected chi connectivity index (χ3v) is 4.48. The number of hydrogen-bond acceptors (Lipinski definition) is 3. The van der Waals surface area contributed by atoms with Gasteiger partial charge in [-0.1, -0.05) is 52.0 Å². The third-order valence-electron chi connectivity index (χ3n) is 4.48. The van der Waals surface area contributed by atoms with Crippen LogP contribution in [-0.4, -0.2) is 19.2 Å². The van der Waals surface area contributed by atoms with Gasteiger partial charge in [0.1, 0.15) is 5.75 Å². The molecule has 3 nitrogen and oxygen atoms in total. The summed E-state index contributed by atoms with van der Waals surface area (Å²) in [5, 5.41) is 0. The van der Waals surface area contributed by atoms with Gasteiger partial charge in [-0.2, -0.15) is 0 Å². The van der Waals surface area contributed by atoms with E-state index in [-0.39, 0.29) is 5.97 Å². The van der Waals surface area contributed by atoms with Crippen molar-refractivity contribution in [1.29, 1.82) is 0 Å². The molecule has 0 aliphatic heterocycles. The van der Waals surface area contributed by atoms with Crippen molar-refractivity contribution in [3.05, 3.63) is 58.7 Å². The van der Waals surface area contributed by atoms with Crippen molar-refractivity contribution in [3.63, 3.8) is 0 Å². The number of carbonyl (C=O) groups is 1. The van der Waals surface area contributed by atoms with E-state index >= 15 is 0 Å². The number of hydrogen-bond donors (Lipinski definition) is 0. The molecule has 0 fully saturated rings. The van der Waals surface area contributed by atoms with Gasteiger partial charge in [0.15, 0.2) is 0 Å². The summed E-state index contributed by atoms with van der Waals surface area (Å²) in [6, 6.07) is 4.52. The van der Waals surface area contributed by atoms with E-state index in [1.54, 1.807) is 6.92 Å². The first-order valence-corrected chi connectivity index (χ1v) is 10.2. The standard InChI is InChI=1S/C25H36O3/c1-9-27-24(26)14-19(7)12-11-13-20(8)23-16-21(17(3)4)15-22(18(5)6)25(23)28-10-2/h11-18H,9-10H2,1-8H3/b12-11+,19-14+,20-13-. The number of esters is 1. The Hall–Kier alpha value is -2.29. The number of carbonyl (C=O) groups excluding carboxylic acids is 1. The van der Waals surface area contributed by atoms with Crippen LogP contribution < -0.4 is 4.74 Å². The molecule has 0 aromatic heterocycles. The van der Waals surface area contributed by atoms with Gasteiger partial charge in [-0.25, -0.2) is 4.79 Å². The lowest BCUT2D eigenvalue weighted by atomic mass is 9.89. The van der Waals surface area contributed by atoms with Crippen molar-refractivity contribution in [2.75, 3.05) is 13.2 Å². The molecule has 154 valence electrons. The van der Waals surface area contributed by atoms with Gasteiger partial charge < -0.3 is 9.47 Å². The lowest BCUT2D eigenvalue weighted by Crippen LogP contribution is -2.04. The van der Waals surface area contributed by atoms with Gasteiger partial charge in [0.25, 0.3) is 0 Å². The summed E-state index contributed by atoms with van der Waals surface area (Å²) < 4.78 is 11.0. The molecule has 0 spiro atoms. The second-order valence-corrected chi connectivity index (χ2v) is 7.58. The molecule has 0 N–H and O–H groups in total. The van der Waals surface area contributed by atoms with Crippen LogP contribution in [0.25, 0.3) is 5.57 Å². The van der Waals surface area contributed by atoms with Gasteiger partial charge in [-0.3, -0.25) is 0 Å². The Morgan fingerprint density at radius 1 is 1.04 bits per heavy atom. The summed E-state index contributed by atoms with van der Waals surface area (Å²) in [7, 11) is 0. The van der Waals surface area contributed by atoms with Gasteiger partial charge in [-0.15, -0.1) is 0 Å². The summed E-state index contributed by atoms with van der Waals surface area (Å²) >= 11 is 0. The maximum absolute atomic E-state index is 11.5. The normalized spacial score (nSPS) is 12.9. The Morgan fingerprint density at radius 3 is 2.25 bits per heavy atom. The van der Waals surface area contributed by atoms with Crippen LogP contribution in [-0.2, 0) is 9.53 Å². The minimum atomic E-state index is -0.310. The van der Waals surface area contributed by atoms with E-state index in [4.69, 9.17) is 9.47 Å². The molecule has 0 aliphatic carbocycles. The monoisotopic (exact) mass is 384 g/mol. The average Bonchev–Trinajstić information content (AvgIpc) is 2.61. The number of allylic oxidation sites excluding steroid dienone is 5. The molecular formula is C25H36O3. The van der Waals surface area contributed by atoms with Gasteiger partial charge in [-0.05, 0) is 67.9 Å². The zero-order chi connectivity index (χ0) is 21.3. The highest BCUT2D eigenvalue weighted by Gasteiger charge is 2.17. The molecule has 0 heterocycles. The van der Waals surface area contributed by atoms with Gasteiger partial charge >= 0.3 is 5.97 Å². The molecule has 0 saturated carbocycles. The van der Waals surface area contributed by atoms with E-state index in [2.05, 4.69) is 52.8 Å². The van der Waals surface area contributed by atoms with Gasteiger partial charge in [0.2, 0.25) is 0 Å². The second kappa shape index (κ2) is 11.5. The first-order valence-electron chi connectivity index (χ1n) is 10.2. The van der Waals surface area contributed by atoms with Gasteiger partial charge in [0.05, 0.1) is 13.2 Å². The van der Waals surface area contributed by atoms with E-state index in [9.17, 15) is 4.79 Å². The fraction of sp³-hybridized carbons (Fsp3) is 0.480. The lowest BCUT2D eigenvalue weighted by Gasteiger charge is -2.21. The zero-order valence-corrected chi connectivity index (χ0v) is 18.8. The molecule has 3 heteroatoms. The SMILES string of the molecule is CCOC(=O)/C=C(C)/C=C/C=C(/C)c1cc(C(C)C)cc(C(C)C)c1OCC. The number of rotatable bonds is 9. The smallest absolute Gasteiger partial charge is 0.330 e. The van der Waals surface area contributed by atoms with Crippen molar-refractivity contribution >= 4 is 11.5 Å². The van der Waals surface area contributed by atoms with Crippen LogP contribution in [0.4, 0.5) is 0 Å². The van der Waals surface area contributed by atoms with Crippen molar-refractivity contribution in [2.24, 2.45) is 0 Å². The molecular weight excluding hydrogens is 348 g/mol. The van der Waals surface area contributed by atoms with E-state index in [1.165, 1.54) is 17.2 Å². The van der Waals surface area contributed by atoms with E-state index in [0.29, 0.717) is 25.0 Å². The van der Waals surface area contributed by atoms with Crippen LogP contribution >= 0.6 is 0 Å². The average molecular weight is 385 g/mol. The maximum atomic E-state index is 11.5. The van der Waals surface area contributed by atoms with Crippen LogP contribution in [0.5, 0.6) is 5.75 Å². The predicted molar refractivity (Wildman–Crippen MR) is 119 cm³/mol. The fourth-order valence-electron chi connectivity index (χ4n) is 2.89. The van der Waals surface area contributed by atoms with Crippen molar-refractivity contribution in [1.82, 2.24) is 0 Å².